The lowest BCUT2D eigenvalue weighted by atomic mass is 9.87. The molecule has 36 heavy (non-hydrogen) atoms. The Morgan fingerprint density at radius 3 is 2.56 bits per heavy atom. The Morgan fingerprint density at radius 1 is 0.861 bits per heavy atom. The van der Waals surface area contributed by atoms with E-state index in [4.69, 9.17) is 9.47 Å². The molecule has 0 spiro atoms. The second kappa shape index (κ2) is 10.5. The normalized spacial score (nSPS) is 22.2. The number of nitrogens with one attached hydrogen (secondary N) is 1. The number of carbonyl (C=O) groups excluding carboxylic acids is 1. The van der Waals surface area contributed by atoms with E-state index in [0.717, 1.165) is 49.7 Å². The number of hydrogen-bond donors (Lipinski definition) is 1. The van der Waals surface area contributed by atoms with Crippen molar-refractivity contribution in [3.8, 4) is 11.5 Å². The van der Waals surface area contributed by atoms with Crippen LogP contribution in [0.5, 0.6) is 11.5 Å². The van der Waals surface area contributed by atoms with Gasteiger partial charge in [0.2, 0.25) is 12.7 Å². The molecule has 6 nitrogen and oxygen atoms in total. The monoisotopic (exact) mass is 485 g/mol. The number of nitrogens with zero attached hydrogens (tertiary/aromatic N) is 2. The SMILES string of the molecule is O=C(NCc1ccc2c(c1)OCO2)[C@@H]1C[C@H](CN2CCCC2)CN(Cc2ccc3ccccc3c2)C1. The average Bonchev–Trinajstić information content (AvgIpc) is 3.59. The summed E-state index contributed by atoms with van der Waals surface area (Å²) in [6.07, 6.45) is 3.55. The van der Waals surface area contributed by atoms with E-state index in [1.54, 1.807) is 0 Å². The van der Waals surface area contributed by atoms with Crippen LogP contribution in [0.15, 0.2) is 60.7 Å². The maximum absolute atomic E-state index is 13.4. The van der Waals surface area contributed by atoms with Gasteiger partial charge in [-0.2, -0.15) is 0 Å². The number of fused-ring (bicyclic) bond motifs is 2. The molecule has 3 aliphatic rings. The van der Waals surface area contributed by atoms with Crippen LogP contribution in [0.2, 0.25) is 0 Å². The minimum atomic E-state index is 0.000759. The van der Waals surface area contributed by atoms with E-state index in [2.05, 4.69) is 57.6 Å². The molecule has 0 radical (unpaired) electrons. The van der Waals surface area contributed by atoms with Gasteiger partial charge in [0.1, 0.15) is 0 Å². The van der Waals surface area contributed by atoms with Gasteiger partial charge in [-0.1, -0.05) is 42.5 Å². The standard InChI is InChI=1S/C30H35N3O3/c34-30(31-16-22-8-10-28-29(15-22)36-21-35-28)27-14-24(18-32-11-3-4-12-32)19-33(20-27)17-23-7-9-25-5-1-2-6-26(25)13-23/h1-2,5-10,13,15,24,27H,3-4,11-12,14,16-21H2,(H,31,34)/t24-,27-/m1/s1. The molecule has 3 aromatic carbocycles. The van der Waals surface area contributed by atoms with Crippen LogP contribution in [0.3, 0.4) is 0 Å². The quantitative estimate of drug-likeness (QED) is 0.537. The molecular formula is C30H35N3O3. The summed E-state index contributed by atoms with van der Waals surface area (Å²) in [6.45, 7) is 7.00. The molecular weight excluding hydrogens is 450 g/mol. The molecule has 0 saturated carbocycles. The smallest absolute Gasteiger partial charge is 0.231 e. The van der Waals surface area contributed by atoms with Crippen molar-refractivity contribution in [3.05, 3.63) is 71.8 Å². The highest BCUT2D eigenvalue weighted by atomic mass is 16.7. The molecule has 188 valence electrons. The number of carbonyl (C=O) groups is 1. The second-order valence-corrected chi connectivity index (χ2v) is 10.6. The van der Waals surface area contributed by atoms with E-state index in [1.165, 1.54) is 42.3 Å². The molecule has 6 rings (SSSR count). The van der Waals surface area contributed by atoms with Gasteiger partial charge < -0.3 is 19.7 Å². The molecule has 0 aromatic heterocycles. The maximum atomic E-state index is 13.4. The van der Waals surface area contributed by atoms with Crippen LogP contribution < -0.4 is 14.8 Å². The third-order valence-corrected chi connectivity index (χ3v) is 7.82. The van der Waals surface area contributed by atoms with Gasteiger partial charge in [0.05, 0.1) is 5.92 Å². The highest BCUT2D eigenvalue weighted by Gasteiger charge is 2.33. The van der Waals surface area contributed by atoms with E-state index in [1.807, 2.05) is 18.2 Å². The summed E-state index contributed by atoms with van der Waals surface area (Å²) >= 11 is 0. The van der Waals surface area contributed by atoms with Crippen LogP contribution in [-0.2, 0) is 17.9 Å². The minimum Gasteiger partial charge on any atom is -0.454 e. The number of amides is 1. The van der Waals surface area contributed by atoms with Crippen LogP contribution in [0.25, 0.3) is 10.8 Å². The zero-order valence-corrected chi connectivity index (χ0v) is 20.8. The molecule has 2 saturated heterocycles. The molecule has 3 aromatic rings. The van der Waals surface area contributed by atoms with Crippen LogP contribution in [0, 0.1) is 11.8 Å². The Morgan fingerprint density at radius 2 is 1.67 bits per heavy atom. The lowest BCUT2D eigenvalue weighted by Gasteiger charge is -2.38. The van der Waals surface area contributed by atoms with Crippen molar-refractivity contribution in [2.45, 2.75) is 32.4 Å². The molecule has 6 heteroatoms. The largest absolute Gasteiger partial charge is 0.454 e. The predicted octanol–water partition coefficient (Wildman–Crippen LogP) is 4.42. The number of rotatable bonds is 7. The molecule has 3 heterocycles. The Hall–Kier alpha value is -3.09. The molecule has 0 aliphatic carbocycles. The average molecular weight is 486 g/mol. The fourth-order valence-corrected chi connectivity index (χ4v) is 6.06. The molecule has 1 N–H and O–H groups in total. The Bertz CT molecular complexity index is 1220. The first-order valence-corrected chi connectivity index (χ1v) is 13.3. The first-order valence-electron chi connectivity index (χ1n) is 13.3. The molecule has 3 aliphatic heterocycles. The van der Waals surface area contributed by atoms with Gasteiger partial charge in [-0.15, -0.1) is 0 Å². The fourth-order valence-electron chi connectivity index (χ4n) is 6.06. The highest BCUT2D eigenvalue weighted by Crippen LogP contribution is 2.32. The lowest BCUT2D eigenvalue weighted by molar-refractivity contribution is -0.127. The number of likely N-dealkylation sites (tertiary alicyclic amines) is 2. The highest BCUT2D eigenvalue weighted by molar-refractivity contribution is 5.83. The van der Waals surface area contributed by atoms with Gasteiger partial charge >= 0.3 is 0 Å². The van der Waals surface area contributed by atoms with Crippen molar-refractivity contribution in [1.29, 1.82) is 0 Å². The van der Waals surface area contributed by atoms with Crippen LogP contribution in [0.1, 0.15) is 30.4 Å². The van der Waals surface area contributed by atoms with Gasteiger partial charge in [0, 0.05) is 32.7 Å². The van der Waals surface area contributed by atoms with Crippen LogP contribution >= 0.6 is 0 Å². The van der Waals surface area contributed by atoms with Gasteiger partial charge in [0.15, 0.2) is 11.5 Å². The second-order valence-electron chi connectivity index (χ2n) is 10.6. The van der Waals surface area contributed by atoms with E-state index < -0.39 is 0 Å². The third kappa shape index (κ3) is 5.35. The van der Waals surface area contributed by atoms with Gasteiger partial charge in [-0.05, 0) is 78.4 Å². The zero-order valence-electron chi connectivity index (χ0n) is 20.8. The summed E-state index contributed by atoms with van der Waals surface area (Å²) in [5, 5.41) is 5.75. The van der Waals surface area contributed by atoms with E-state index >= 15 is 0 Å². The molecule has 2 fully saturated rings. The zero-order chi connectivity index (χ0) is 24.3. The molecule has 2 atom stereocenters. The van der Waals surface area contributed by atoms with Crippen molar-refractivity contribution in [3.63, 3.8) is 0 Å². The van der Waals surface area contributed by atoms with Crippen molar-refractivity contribution in [2.75, 3.05) is 39.5 Å². The van der Waals surface area contributed by atoms with Crippen LogP contribution in [-0.4, -0.2) is 55.2 Å². The van der Waals surface area contributed by atoms with E-state index in [-0.39, 0.29) is 18.6 Å². The topological polar surface area (TPSA) is 54.0 Å². The fraction of sp³-hybridized carbons (Fsp3) is 0.433. The summed E-state index contributed by atoms with van der Waals surface area (Å²) in [5.74, 6) is 2.19. The van der Waals surface area contributed by atoms with Crippen molar-refractivity contribution in [2.24, 2.45) is 11.8 Å². The van der Waals surface area contributed by atoms with Crippen molar-refractivity contribution in [1.82, 2.24) is 15.1 Å². The molecule has 1 amide bonds. The maximum Gasteiger partial charge on any atom is 0.231 e. The Labute approximate surface area is 213 Å². The van der Waals surface area contributed by atoms with Crippen molar-refractivity contribution >= 4 is 16.7 Å². The van der Waals surface area contributed by atoms with E-state index in [0.29, 0.717) is 12.5 Å². The summed E-state index contributed by atoms with van der Waals surface area (Å²) in [6, 6.07) is 21.2. The number of benzene rings is 3. The summed E-state index contributed by atoms with van der Waals surface area (Å²) in [7, 11) is 0. The lowest BCUT2D eigenvalue weighted by Crippen LogP contribution is -2.48. The number of ether oxygens (including phenoxy) is 2. The summed E-state index contributed by atoms with van der Waals surface area (Å²) < 4.78 is 10.9. The van der Waals surface area contributed by atoms with Gasteiger partial charge in [0.25, 0.3) is 0 Å². The minimum absolute atomic E-state index is 0.000759. The predicted molar refractivity (Wildman–Crippen MR) is 141 cm³/mol. The summed E-state index contributed by atoms with van der Waals surface area (Å²) in [4.78, 5) is 18.4. The molecule has 0 unspecified atom stereocenters. The summed E-state index contributed by atoms with van der Waals surface area (Å²) in [5.41, 5.74) is 2.35. The first kappa shape index (κ1) is 23.3. The first-order chi connectivity index (χ1) is 17.7. The Kier molecular flexibility index (Phi) is 6.79. The van der Waals surface area contributed by atoms with Crippen molar-refractivity contribution < 1.29 is 14.3 Å². The van der Waals surface area contributed by atoms with Gasteiger partial charge in [-0.25, -0.2) is 0 Å². The molecule has 0 bridgehead atoms. The Balaban J connectivity index is 1.13. The number of hydrogen-bond acceptors (Lipinski definition) is 5. The van der Waals surface area contributed by atoms with E-state index in [9.17, 15) is 4.79 Å². The number of piperidine rings is 1. The van der Waals surface area contributed by atoms with Crippen LogP contribution in [0.4, 0.5) is 0 Å². The van der Waals surface area contributed by atoms with Gasteiger partial charge in [-0.3, -0.25) is 9.69 Å². The third-order valence-electron chi connectivity index (χ3n) is 7.82.